The first-order valence-electron chi connectivity index (χ1n) is 12.4. The Bertz CT molecular complexity index is 1560. The maximum atomic E-state index is 13.1. The molecule has 1 saturated heterocycles. The molecular weight excluding hydrogens is 530 g/mol. The zero-order chi connectivity index (χ0) is 27.8. The topological polar surface area (TPSA) is 116 Å². The maximum Gasteiger partial charge on any atom is 0.394 e. The third kappa shape index (κ3) is 6.41. The van der Waals surface area contributed by atoms with Gasteiger partial charge in [0, 0.05) is 44.1 Å². The Kier molecular flexibility index (Phi) is 7.10. The molecule has 10 nitrogen and oxygen atoms in total. The predicted octanol–water partition coefficient (Wildman–Crippen LogP) is 4.36. The van der Waals surface area contributed by atoms with Crippen LogP contribution in [0.4, 0.5) is 14.6 Å². The number of ether oxygens (including phenoxy) is 1. The number of aryl methyl sites for hydroxylation is 1. The van der Waals surface area contributed by atoms with Gasteiger partial charge in [0.25, 0.3) is 0 Å². The summed E-state index contributed by atoms with van der Waals surface area (Å²) >= 11 is 0. The number of sulfone groups is 1. The van der Waals surface area contributed by atoms with E-state index in [0.717, 1.165) is 11.4 Å². The van der Waals surface area contributed by atoms with Crippen molar-refractivity contribution in [3.8, 4) is 28.6 Å². The van der Waals surface area contributed by atoms with Crippen LogP contribution >= 0.6 is 0 Å². The molecule has 0 saturated carbocycles. The van der Waals surface area contributed by atoms with Gasteiger partial charge in [0.2, 0.25) is 11.6 Å². The van der Waals surface area contributed by atoms with Crippen LogP contribution in [0.3, 0.4) is 0 Å². The predicted molar refractivity (Wildman–Crippen MR) is 140 cm³/mol. The molecule has 5 rings (SSSR count). The molecule has 13 heteroatoms. The van der Waals surface area contributed by atoms with Crippen LogP contribution in [0, 0.1) is 6.92 Å². The minimum Gasteiger partial charge on any atom is -0.433 e. The van der Waals surface area contributed by atoms with Gasteiger partial charge in [-0.3, -0.25) is 0 Å². The van der Waals surface area contributed by atoms with E-state index in [2.05, 4.69) is 29.9 Å². The zero-order valence-electron chi connectivity index (χ0n) is 21.7. The highest BCUT2D eigenvalue weighted by Crippen LogP contribution is 2.28. The minimum atomic E-state index is -3.26. The molecule has 1 fully saturated rings. The first-order chi connectivity index (χ1) is 18.4. The molecule has 1 aliphatic rings. The van der Waals surface area contributed by atoms with Crippen molar-refractivity contribution in [2.45, 2.75) is 44.6 Å². The van der Waals surface area contributed by atoms with Crippen LogP contribution in [0.2, 0.25) is 0 Å². The number of hydrogen-bond acceptors (Lipinski definition) is 9. The molecule has 0 spiro atoms. The number of benzene rings is 1. The van der Waals surface area contributed by atoms with Crippen molar-refractivity contribution >= 4 is 15.7 Å². The second kappa shape index (κ2) is 10.4. The molecule has 39 heavy (non-hydrogen) atoms. The summed E-state index contributed by atoms with van der Waals surface area (Å²) in [6.07, 6.45) is 0.942. The number of nitrogens with zero attached hydrogens (tertiary/aromatic N) is 6. The lowest BCUT2D eigenvalue weighted by atomic mass is 10.1. The summed E-state index contributed by atoms with van der Waals surface area (Å²) in [6.45, 7) is 4.25. The van der Waals surface area contributed by atoms with Gasteiger partial charge in [0.15, 0.2) is 0 Å². The second-order valence-electron chi connectivity index (χ2n) is 9.69. The summed E-state index contributed by atoms with van der Waals surface area (Å²) in [6, 6.07) is 11.7. The highest BCUT2D eigenvalue weighted by molar-refractivity contribution is 7.91. The molecule has 0 atom stereocenters. The maximum absolute atomic E-state index is 13.1. The van der Waals surface area contributed by atoms with E-state index in [-0.39, 0.29) is 11.0 Å². The van der Waals surface area contributed by atoms with Crippen molar-refractivity contribution in [3.63, 3.8) is 0 Å². The Hall–Kier alpha value is -3.87. The summed E-state index contributed by atoms with van der Waals surface area (Å²) in [5, 5.41) is 8.35. The van der Waals surface area contributed by atoms with E-state index in [1.165, 1.54) is 18.4 Å². The van der Waals surface area contributed by atoms with E-state index in [9.17, 15) is 17.2 Å². The number of anilines is 1. The second-order valence-corrected chi connectivity index (χ2v) is 12.0. The number of pyridine rings is 1. The number of rotatable bonds is 8. The molecule has 0 unspecified atom stereocenters. The van der Waals surface area contributed by atoms with Crippen LogP contribution in [0.1, 0.15) is 31.2 Å². The number of alkyl halides is 2. The summed E-state index contributed by atoms with van der Waals surface area (Å²) < 4.78 is 61.6. The normalized spacial score (nSPS) is 15.1. The smallest absolute Gasteiger partial charge is 0.394 e. The van der Waals surface area contributed by atoms with E-state index in [1.54, 1.807) is 29.1 Å². The lowest BCUT2D eigenvalue weighted by Gasteiger charge is -2.32. The fourth-order valence-electron chi connectivity index (χ4n) is 4.51. The number of hydrogen-bond donors (Lipinski definition) is 0. The van der Waals surface area contributed by atoms with Gasteiger partial charge in [-0.2, -0.15) is 8.78 Å². The van der Waals surface area contributed by atoms with Crippen LogP contribution in [0.25, 0.3) is 22.8 Å². The van der Waals surface area contributed by atoms with Gasteiger partial charge in [0.1, 0.15) is 32.9 Å². The SMILES string of the molecule is Cc1nc(-c2cc(-c3ccc(OC(C)(F)F)cc3)no2)nn1Cc1ccnc(N2CCC(S(C)(=O)=O)CC2)c1. The van der Waals surface area contributed by atoms with Crippen molar-refractivity contribution in [2.24, 2.45) is 0 Å². The third-order valence-corrected chi connectivity index (χ3v) is 8.23. The fraction of sp³-hybridized carbons (Fsp3) is 0.385. The Morgan fingerprint density at radius 3 is 2.51 bits per heavy atom. The molecule has 0 bridgehead atoms. The Balaban J connectivity index is 1.27. The molecule has 1 aromatic carbocycles. The van der Waals surface area contributed by atoms with Crippen LogP contribution < -0.4 is 9.64 Å². The fourth-order valence-corrected chi connectivity index (χ4v) is 5.58. The molecule has 4 heterocycles. The summed E-state index contributed by atoms with van der Waals surface area (Å²) in [5.41, 5.74) is 2.15. The van der Waals surface area contributed by atoms with Crippen LogP contribution in [-0.4, -0.2) is 64.0 Å². The molecule has 0 aliphatic carbocycles. The lowest BCUT2D eigenvalue weighted by Crippen LogP contribution is -2.39. The van der Waals surface area contributed by atoms with E-state index in [4.69, 9.17) is 4.52 Å². The quantitative estimate of drug-likeness (QED) is 0.311. The average molecular weight is 559 g/mol. The highest BCUT2D eigenvalue weighted by atomic mass is 32.2. The van der Waals surface area contributed by atoms with Crippen molar-refractivity contribution in [1.82, 2.24) is 24.9 Å². The Morgan fingerprint density at radius 2 is 1.85 bits per heavy atom. The standard InChI is InChI=1S/C26H28F2N6O4S/c1-17-30-25(23-15-22(32-38-23)19-4-6-20(7-5-19)37-26(2,27)28)31-34(17)16-18-8-11-29-24(14-18)33-12-9-21(10-13-33)39(3,35)36/h4-8,11,14-15,21H,9-10,12-13,16H2,1-3H3. The molecule has 0 radical (unpaired) electrons. The van der Waals surface area contributed by atoms with Crippen LogP contribution in [0.15, 0.2) is 53.2 Å². The Labute approximate surface area is 224 Å². The first kappa shape index (κ1) is 26.7. The highest BCUT2D eigenvalue weighted by Gasteiger charge is 2.27. The summed E-state index contributed by atoms with van der Waals surface area (Å²) in [4.78, 5) is 11.1. The van der Waals surface area contributed by atoms with Crippen molar-refractivity contribution in [2.75, 3.05) is 24.2 Å². The third-order valence-electron chi connectivity index (χ3n) is 6.55. The minimum absolute atomic E-state index is 0.0451. The molecule has 4 aromatic rings. The van der Waals surface area contributed by atoms with Gasteiger partial charge in [-0.05, 0) is 61.7 Å². The summed E-state index contributed by atoms with van der Waals surface area (Å²) in [5.74, 6) is 2.27. The zero-order valence-corrected chi connectivity index (χ0v) is 22.5. The van der Waals surface area contributed by atoms with E-state index >= 15 is 0 Å². The van der Waals surface area contributed by atoms with Crippen LogP contribution in [-0.2, 0) is 16.4 Å². The lowest BCUT2D eigenvalue weighted by molar-refractivity contribution is -0.158. The van der Waals surface area contributed by atoms with Crippen molar-refractivity contribution in [1.29, 1.82) is 0 Å². The van der Waals surface area contributed by atoms with Gasteiger partial charge < -0.3 is 14.2 Å². The number of halogens is 2. The molecule has 3 aromatic heterocycles. The van der Waals surface area contributed by atoms with Crippen molar-refractivity contribution in [3.05, 3.63) is 60.0 Å². The molecular formula is C26H28F2N6O4S. The Morgan fingerprint density at radius 1 is 1.13 bits per heavy atom. The number of piperidine rings is 1. The molecule has 206 valence electrons. The monoisotopic (exact) mass is 558 g/mol. The van der Waals surface area contributed by atoms with Crippen LogP contribution in [0.5, 0.6) is 5.75 Å². The van der Waals surface area contributed by atoms with Gasteiger partial charge in [-0.15, -0.1) is 5.10 Å². The summed E-state index contributed by atoms with van der Waals surface area (Å²) in [7, 11) is -3.04. The average Bonchev–Trinajstić information content (AvgIpc) is 3.51. The molecule has 1 aliphatic heterocycles. The molecule has 0 N–H and O–H groups in total. The van der Waals surface area contributed by atoms with Gasteiger partial charge >= 0.3 is 6.11 Å². The number of aromatic nitrogens is 5. The van der Waals surface area contributed by atoms with Gasteiger partial charge in [-0.25, -0.2) is 23.1 Å². The first-order valence-corrected chi connectivity index (χ1v) is 14.3. The largest absolute Gasteiger partial charge is 0.433 e. The van der Waals surface area contributed by atoms with Gasteiger partial charge in [0.05, 0.1) is 11.8 Å². The van der Waals surface area contributed by atoms with E-state index in [1.807, 2.05) is 19.1 Å². The van der Waals surface area contributed by atoms with Gasteiger partial charge in [-0.1, -0.05) is 5.16 Å². The van der Waals surface area contributed by atoms with E-state index in [0.29, 0.717) is 68.1 Å². The van der Waals surface area contributed by atoms with E-state index < -0.39 is 15.9 Å². The molecule has 0 amide bonds. The van der Waals surface area contributed by atoms with Crippen molar-refractivity contribution < 1.29 is 26.5 Å².